The molecule has 0 aliphatic heterocycles. The second-order valence-corrected chi connectivity index (χ2v) is 0.832. The molecule has 0 fully saturated rings. The summed E-state index contributed by atoms with van der Waals surface area (Å²) in [6.45, 7) is 0. The van der Waals surface area contributed by atoms with E-state index in [0.717, 1.165) is 0 Å². The van der Waals surface area contributed by atoms with Crippen molar-refractivity contribution in [1.82, 2.24) is 4.98 Å². The zero-order valence-electron chi connectivity index (χ0n) is 3.06. The second-order valence-electron chi connectivity index (χ2n) is 0.832. The van der Waals surface area contributed by atoms with Crippen LogP contribution >= 0.6 is 0 Å². The van der Waals surface area contributed by atoms with E-state index in [1.54, 1.807) is 12.4 Å². The van der Waals surface area contributed by atoms with Gasteiger partial charge in [-0.05, 0) is 0 Å². The van der Waals surface area contributed by atoms with E-state index in [1.807, 2.05) is 12.1 Å². The molecule has 0 aliphatic carbocycles. The van der Waals surface area contributed by atoms with Gasteiger partial charge < -0.3 is 4.98 Å². The average Bonchev–Trinajstić information content (AvgIpc) is 1.76. The minimum absolute atomic E-state index is 0. The van der Waals surface area contributed by atoms with Gasteiger partial charge in [0.05, 0.1) is 0 Å². The van der Waals surface area contributed by atoms with Crippen molar-refractivity contribution in [3.05, 3.63) is 24.5 Å². The molecule has 6 heavy (non-hydrogen) atoms. The Morgan fingerprint density at radius 3 is 1.67 bits per heavy atom. The molecule has 0 N–H and O–H groups in total. The molecule has 0 bridgehead atoms. The summed E-state index contributed by atoms with van der Waals surface area (Å²) >= 11 is 0. The zero-order chi connectivity index (χ0) is 3.54. The van der Waals surface area contributed by atoms with Crippen LogP contribution in [-0.4, -0.2) is 0 Å². The quantitative estimate of drug-likeness (QED) is 0.469. The summed E-state index contributed by atoms with van der Waals surface area (Å²) < 4.78 is 0. The first-order chi connectivity index (χ1) is 2.50. The van der Waals surface area contributed by atoms with Crippen molar-refractivity contribution in [3.63, 3.8) is 0 Å². The molecule has 0 amide bonds. The van der Waals surface area contributed by atoms with Crippen molar-refractivity contribution in [2.24, 2.45) is 0 Å². The zero-order valence-corrected chi connectivity index (χ0v) is 4.00. The third-order valence-corrected chi connectivity index (χ3v) is 0.455. The van der Waals surface area contributed by atoms with Gasteiger partial charge in [0.15, 0.2) is 0 Å². The Morgan fingerprint density at radius 1 is 1.00 bits per heavy atom. The van der Waals surface area contributed by atoms with E-state index >= 15 is 0 Å². The molecule has 1 aromatic rings. The van der Waals surface area contributed by atoms with Gasteiger partial charge in [-0.3, -0.25) is 0 Å². The van der Waals surface area contributed by atoms with Gasteiger partial charge in [0.2, 0.25) is 0 Å². The monoisotopic (exact) mass is 129 g/mol. The van der Waals surface area contributed by atoms with Crippen LogP contribution in [0.2, 0.25) is 0 Å². The van der Waals surface area contributed by atoms with Crippen LogP contribution in [-0.2, 0) is 17.1 Å². The normalized spacial score (nSPS) is 6.67. The predicted molar refractivity (Wildman–Crippen MR) is 19.8 cm³/mol. The molecule has 2 heteroatoms. The Morgan fingerprint density at radius 2 is 1.50 bits per heavy atom. The standard InChI is InChI=1S/C4H4N.Cu/c1-2-4-5-3-1;/h1-4H;/q-1;+1. The van der Waals surface area contributed by atoms with Crippen LogP contribution in [0.5, 0.6) is 0 Å². The van der Waals surface area contributed by atoms with Crippen LogP contribution in [0.15, 0.2) is 24.5 Å². The van der Waals surface area contributed by atoms with Crippen LogP contribution in [0.25, 0.3) is 0 Å². The first kappa shape index (κ1) is 5.80. The van der Waals surface area contributed by atoms with Crippen LogP contribution in [0.1, 0.15) is 0 Å². The van der Waals surface area contributed by atoms with Gasteiger partial charge in [0, 0.05) is 0 Å². The fourth-order valence-corrected chi connectivity index (χ4v) is 0.248. The molecule has 0 aliphatic rings. The van der Waals surface area contributed by atoms with E-state index in [9.17, 15) is 0 Å². The van der Waals surface area contributed by atoms with Gasteiger partial charge in [-0.2, -0.15) is 12.4 Å². The van der Waals surface area contributed by atoms with Crippen molar-refractivity contribution in [1.29, 1.82) is 0 Å². The van der Waals surface area contributed by atoms with E-state index in [-0.39, 0.29) is 17.1 Å². The molecule has 0 aromatic carbocycles. The van der Waals surface area contributed by atoms with Gasteiger partial charge in [-0.1, -0.05) is 12.1 Å². The van der Waals surface area contributed by atoms with Gasteiger partial charge in [-0.15, -0.1) is 0 Å². The second kappa shape index (κ2) is 3.01. The van der Waals surface area contributed by atoms with Crippen LogP contribution in [0.4, 0.5) is 0 Å². The van der Waals surface area contributed by atoms with Crippen molar-refractivity contribution >= 4 is 0 Å². The Kier molecular flexibility index (Phi) is 2.91. The van der Waals surface area contributed by atoms with Gasteiger partial charge in [0.25, 0.3) is 0 Å². The third kappa shape index (κ3) is 1.29. The molecule has 0 saturated carbocycles. The van der Waals surface area contributed by atoms with Crippen molar-refractivity contribution in [2.45, 2.75) is 0 Å². The predicted octanol–water partition coefficient (Wildman–Crippen LogP) is 0.641. The summed E-state index contributed by atoms with van der Waals surface area (Å²) in [5.41, 5.74) is 0. The molecule has 1 nitrogen and oxygen atoms in total. The maximum Gasteiger partial charge on any atom is 1.00 e. The van der Waals surface area contributed by atoms with Crippen LogP contribution in [0.3, 0.4) is 0 Å². The molecule has 0 saturated heterocycles. The van der Waals surface area contributed by atoms with Gasteiger partial charge >= 0.3 is 17.1 Å². The van der Waals surface area contributed by atoms with Gasteiger partial charge in [-0.25, -0.2) is 0 Å². The minimum Gasteiger partial charge on any atom is -0.670 e. The Balaban J connectivity index is 0.000000250. The smallest absolute Gasteiger partial charge is 0.670 e. The summed E-state index contributed by atoms with van der Waals surface area (Å²) in [7, 11) is 0. The molecule has 0 unspecified atom stereocenters. The fraction of sp³-hybridized carbons (Fsp3) is 0. The van der Waals surface area contributed by atoms with E-state index in [4.69, 9.17) is 0 Å². The summed E-state index contributed by atoms with van der Waals surface area (Å²) in [5, 5.41) is 0. The topological polar surface area (TPSA) is 14.1 Å². The van der Waals surface area contributed by atoms with Crippen LogP contribution in [0, 0.1) is 0 Å². The van der Waals surface area contributed by atoms with E-state index in [2.05, 4.69) is 4.98 Å². The number of nitrogens with zero attached hydrogens (tertiary/aromatic N) is 1. The Labute approximate surface area is 47.2 Å². The fourth-order valence-electron chi connectivity index (χ4n) is 0.248. The molecule has 1 aromatic heterocycles. The Hall–Kier alpha value is -0.201. The molecule has 1 heterocycles. The summed E-state index contributed by atoms with van der Waals surface area (Å²) in [6.07, 6.45) is 3.50. The SMILES string of the molecule is [Cu+].c1cc[n-]c1. The summed E-state index contributed by atoms with van der Waals surface area (Å²) in [5.74, 6) is 0. The van der Waals surface area contributed by atoms with Crippen LogP contribution < -0.4 is 4.98 Å². The summed E-state index contributed by atoms with van der Waals surface area (Å²) in [4.78, 5) is 3.72. The number of hydrogen-bond donors (Lipinski definition) is 0. The molecule has 0 spiro atoms. The number of rotatable bonds is 0. The molecule has 0 radical (unpaired) electrons. The summed E-state index contributed by atoms with van der Waals surface area (Å²) in [6, 6.07) is 3.78. The maximum absolute atomic E-state index is 3.72. The first-order valence-corrected chi connectivity index (χ1v) is 1.52. The first-order valence-electron chi connectivity index (χ1n) is 1.52. The average molecular weight is 130 g/mol. The number of hydrogen-bond acceptors (Lipinski definition) is 0. The van der Waals surface area contributed by atoms with Crippen molar-refractivity contribution in [2.75, 3.05) is 0 Å². The Bertz CT molecular complexity index is 64.0. The molecule has 1 rings (SSSR count). The van der Waals surface area contributed by atoms with Crippen molar-refractivity contribution in [3.8, 4) is 0 Å². The van der Waals surface area contributed by atoms with E-state index in [0.29, 0.717) is 0 Å². The number of aromatic nitrogens is 1. The maximum atomic E-state index is 3.72. The van der Waals surface area contributed by atoms with Crippen molar-refractivity contribution < 1.29 is 17.1 Å². The van der Waals surface area contributed by atoms with E-state index < -0.39 is 0 Å². The molecular formula is C4H4CuN. The molecule has 0 atom stereocenters. The molecular weight excluding hydrogens is 126 g/mol. The van der Waals surface area contributed by atoms with E-state index in [1.165, 1.54) is 0 Å². The van der Waals surface area contributed by atoms with Gasteiger partial charge in [0.1, 0.15) is 0 Å². The molecule has 36 valence electrons. The third-order valence-electron chi connectivity index (χ3n) is 0.455. The minimum atomic E-state index is 0. The largest absolute Gasteiger partial charge is 1.00 e.